The second-order valence-electron chi connectivity index (χ2n) is 6.44. The number of guanidine groups is 1. The van der Waals surface area contributed by atoms with Crippen LogP contribution in [0.1, 0.15) is 29.7 Å². The van der Waals surface area contributed by atoms with Crippen LogP contribution >= 0.6 is 35.6 Å². The maximum absolute atomic E-state index is 8.91. The first-order valence-corrected chi connectivity index (χ1v) is 9.83. The average Bonchev–Trinajstić information content (AvgIpc) is 3.28. The predicted molar refractivity (Wildman–Crippen MR) is 131 cm³/mol. The van der Waals surface area contributed by atoms with Crippen molar-refractivity contribution in [2.24, 2.45) is 4.99 Å². The van der Waals surface area contributed by atoms with Crippen LogP contribution in [0.25, 0.3) is 0 Å². The molecule has 0 aliphatic carbocycles. The number of nitriles is 1. The summed E-state index contributed by atoms with van der Waals surface area (Å²) < 4.78 is 1.92. The summed E-state index contributed by atoms with van der Waals surface area (Å²) in [6, 6.07) is 19.3. The van der Waals surface area contributed by atoms with Crippen LogP contribution in [0.5, 0.6) is 0 Å². The van der Waals surface area contributed by atoms with Crippen LogP contribution in [0.2, 0.25) is 5.02 Å². The van der Waals surface area contributed by atoms with Crippen molar-refractivity contribution in [2.75, 3.05) is 13.1 Å². The van der Waals surface area contributed by atoms with E-state index in [4.69, 9.17) is 16.9 Å². The van der Waals surface area contributed by atoms with Crippen molar-refractivity contribution in [2.45, 2.75) is 19.5 Å². The fourth-order valence-corrected chi connectivity index (χ4v) is 3.03. The van der Waals surface area contributed by atoms with Gasteiger partial charge in [-0.3, -0.25) is 4.68 Å². The molecule has 0 bridgehead atoms. The molecular formula is C22H24ClIN6. The molecule has 0 fully saturated rings. The molecule has 6 nitrogen and oxygen atoms in total. The average molecular weight is 535 g/mol. The van der Waals surface area contributed by atoms with Gasteiger partial charge in [0.15, 0.2) is 5.96 Å². The summed E-state index contributed by atoms with van der Waals surface area (Å²) in [5, 5.41) is 20.7. The third kappa shape index (κ3) is 6.75. The number of nitrogens with zero attached hydrogens (tertiary/aromatic N) is 4. The van der Waals surface area contributed by atoms with E-state index in [0.29, 0.717) is 23.7 Å². The maximum atomic E-state index is 8.91. The molecule has 0 spiro atoms. The Kier molecular flexibility index (Phi) is 9.64. The molecule has 0 saturated carbocycles. The summed E-state index contributed by atoms with van der Waals surface area (Å²) in [6.45, 7) is 3.92. The Hall–Kier alpha value is -2.57. The van der Waals surface area contributed by atoms with Crippen LogP contribution in [-0.2, 0) is 6.54 Å². The molecule has 3 rings (SSSR count). The quantitative estimate of drug-likeness (QED) is 0.268. The van der Waals surface area contributed by atoms with E-state index < -0.39 is 0 Å². The van der Waals surface area contributed by atoms with Gasteiger partial charge in [-0.1, -0.05) is 35.9 Å². The number of nitrogens with one attached hydrogen (secondary N) is 2. The van der Waals surface area contributed by atoms with Gasteiger partial charge in [0.2, 0.25) is 0 Å². The number of aliphatic imine (C=N–C) groups is 1. The van der Waals surface area contributed by atoms with Crippen molar-refractivity contribution in [3.8, 4) is 6.07 Å². The predicted octanol–water partition coefficient (Wildman–Crippen LogP) is 4.37. The molecule has 2 aromatic carbocycles. The SMILES string of the molecule is CCNC(=NCc1ccc(C#N)cc1)NCC(c1ccc(Cl)cc1)n1cccn1.I. The van der Waals surface area contributed by atoms with Crippen LogP contribution in [0.15, 0.2) is 72.0 Å². The molecule has 1 heterocycles. The first kappa shape index (κ1) is 23.7. The number of aromatic nitrogens is 2. The summed E-state index contributed by atoms with van der Waals surface area (Å²) in [7, 11) is 0. The second kappa shape index (κ2) is 12.2. The van der Waals surface area contributed by atoms with Gasteiger partial charge in [-0.05, 0) is 48.4 Å². The first-order chi connectivity index (χ1) is 14.2. The van der Waals surface area contributed by atoms with Gasteiger partial charge in [0.05, 0.1) is 24.2 Å². The highest BCUT2D eigenvalue weighted by Crippen LogP contribution is 2.19. The fraction of sp³-hybridized carbons (Fsp3) is 0.227. The van der Waals surface area contributed by atoms with Crippen molar-refractivity contribution in [1.29, 1.82) is 5.26 Å². The minimum atomic E-state index is 0. The summed E-state index contributed by atoms with van der Waals surface area (Å²) in [6.07, 6.45) is 3.72. The summed E-state index contributed by atoms with van der Waals surface area (Å²) in [4.78, 5) is 4.66. The number of halogens is 2. The van der Waals surface area contributed by atoms with E-state index in [1.807, 2.05) is 60.3 Å². The highest BCUT2D eigenvalue weighted by molar-refractivity contribution is 14.0. The molecule has 0 saturated heterocycles. The molecule has 0 amide bonds. The van der Waals surface area contributed by atoms with Gasteiger partial charge in [0.1, 0.15) is 0 Å². The van der Waals surface area contributed by atoms with E-state index >= 15 is 0 Å². The van der Waals surface area contributed by atoms with E-state index in [2.05, 4.69) is 26.8 Å². The van der Waals surface area contributed by atoms with Gasteiger partial charge in [0, 0.05) is 30.5 Å². The monoisotopic (exact) mass is 534 g/mol. The van der Waals surface area contributed by atoms with Gasteiger partial charge in [-0.25, -0.2) is 4.99 Å². The molecule has 0 radical (unpaired) electrons. The number of hydrogen-bond donors (Lipinski definition) is 2. The Labute approximate surface area is 199 Å². The number of benzene rings is 2. The molecule has 156 valence electrons. The summed E-state index contributed by atoms with van der Waals surface area (Å²) in [5.41, 5.74) is 2.80. The lowest BCUT2D eigenvalue weighted by atomic mass is 10.1. The largest absolute Gasteiger partial charge is 0.357 e. The first-order valence-electron chi connectivity index (χ1n) is 9.45. The van der Waals surface area contributed by atoms with Crippen LogP contribution in [0.3, 0.4) is 0 Å². The van der Waals surface area contributed by atoms with Crippen LogP contribution < -0.4 is 10.6 Å². The zero-order chi connectivity index (χ0) is 20.5. The minimum absolute atomic E-state index is 0. The lowest BCUT2D eigenvalue weighted by Crippen LogP contribution is -2.40. The zero-order valence-corrected chi connectivity index (χ0v) is 19.7. The Morgan fingerprint density at radius 1 is 1.17 bits per heavy atom. The number of rotatable bonds is 7. The Morgan fingerprint density at radius 2 is 1.90 bits per heavy atom. The fourth-order valence-electron chi connectivity index (χ4n) is 2.90. The Morgan fingerprint density at radius 3 is 2.50 bits per heavy atom. The van der Waals surface area contributed by atoms with Crippen LogP contribution in [0, 0.1) is 11.3 Å². The van der Waals surface area contributed by atoms with Gasteiger partial charge in [-0.15, -0.1) is 24.0 Å². The van der Waals surface area contributed by atoms with E-state index in [0.717, 1.165) is 23.6 Å². The minimum Gasteiger partial charge on any atom is -0.357 e. The molecule has 0 aliphatic rings. The standard InChI is InChI=1S/C22H23ClN6.HI/c1-2-25-22(26-15-18-6-4-17(14-24)5-7-18)27-16-21(29-13-3-12-28-29)19-8-10-20(23)11-9-19;/h3-13,21H,2,15-16H2,1H3,(H2,25,26,27);1H. The van der Waals surface area contributed by atoms with Gasteiger partial charge < -0.3 is 10.6 Å². The van der Waals surface area contributed by atoms with Crippen molar-refractivity contribution in [1.82, 2.24) is 20.4 Å². The van der Waals surface area contributed by atoms with Crippen LogP contribution in [-0.4, -0.2) is 28.8 Å². The van der Waals surface area contributed by atoms with E-state index in [1.165, 1.54) is 0 Å². The molecule has 3 aromatic rings. The van der Waals surface area contributed by atoms with Crippen molar-refractivity contribution < 1.29 is 0 Å². The topological polar surface area (TPSA) is 78.0 Å². The lowest BCUT2D eigenvalue weighted by molar-refractivity contribution is 0.511. The van der Waals surface area contributed by atoms with E-state index in [1.54, 1.807) is 18.3 Å². The van der Waals surface area contributed by atoms with Crippen LogP contribution in [0.4, 0.5) is 0 Å². The molecule has 1 unspecified atom stereocenters. The smallest absolute Gasteiger partial charge is 0.191 e. The normalized spacial score (nSPS) is 11.8. The van der Waals surface area contributed by atoms with Gasteiger partial charge in [0.25, 0.3) is 0 Å². The highest BCUT2D eigenvalue weighted by atomic mass is 127. The van der Waals surface area contributed by atoms with Crippen molar-refractivity contribution in [3.05, 3.63) is 88.7 Å². The molecule has 8 heteroatoms. The third-order valence-electron chi connectivity index (χ3n) is 4.41. The summed E-state index contributed by atoms with van der Waals surface area (Å²) >= 11 is 6.04. The lowest BCUT2D eigenvalue weighted by Gasteiger charge is -2.20. The maximum Gasteiger partial charge on any atom is 0.191 e. The Balaban J connectivity index is 0.00000320. The van der Waals surface area contributed by atoms with Crippen molar-refractivity contribution >= 4 is 41.5 Å². The number of hydrogen-bond acceptors (Lipinski definition) is 3. The van der Waals surface area contributed by atoms with Crippen molar-refractivity contribution in [3.63, 3.8) is 0 Å². The second-order valence-corrected chi connectivity index (χ2v) is 6.87. The molecule has 1 atom stereocenters. The summed E-state index contributed by atoms with van der Waals surface area (Å²) in [5.74, 6) is 0.725. The molecule has 30 heavy (non-hydrogen) atoms. The molecule has 1 aromatic heterocycles. The third-order valence-corrected chi connectivity index (χ3v) is 4.66. The molecular weight excluding hydrogens is 511 g/mol. The van der Waals surface area contributed by atoms with E-state index in [9.17, 15) is 0 Å². The van der Waals surface area contributed by atoms with Gasteiger partial charge in [-0.2, -0.15) is 10.4 Å². The highest BCUT2D eigenvalue weighted by Gasteiger charge is 2.14. The van der Waals surface area contributed by atoms with Gasteiger partial charge >= 0.3 is 0 Å². The van der Waals surface area contributed by atoms with E-state index in [-0.39, 0.29) is 30.0 Å². The molecule has 2 N–H and O–H groups in total. The zero-order valence-electron chi connectivity index (χ0n) is 16.6. The Bertz CT molecular complexity index is 962. The molecule has 0 aliphatic heterocycles.